The van der Waals surface area contributed by atoms with Gasteiger partial charge in [-0.05, 0) is 43.7 Å². The molecule has 2 aromatic carbocycles. The molecule has 2 atom stereocenters. The van der Waals surface area contributed by atoms with Crippen LogP contribution in [0, 0.1) is 0 Å². The third kappa shape index (κ3) is 2.26. The SMILES string of the molecule is CC1(C)Oc2ccc(Br)cc2[C@@H](N2Cc3ccccc3C2=O)[C@@H]1O. The standard InChI is InChI=1S/C19H18BrNO3/c1-19(2)17(22)16(14-9-12(20)7-8-15(14)24-19)21-10-11-5-3-4-6-13(11)18(21)23/h3-9,16-17,22H,10H2,1-2H3/t16-,17+/m1/s1. The molecule has 4 rings (SSSR count). The second-order valence-corrected chi connectivity index (χ2v) is 7.78. The highest BCUT2D eigenvalue weighted by atomic mass is 79.9. The lowest BCUT2D eigenvalue weighted by molar-refractivity contribution is -0.0868. The Hall–Kier alpha value is -1.85. The Bertz CT molecular complexity index is 833. The van der Waals surface area contributed by atoms with Crippen molar-refractivity contribution in [3.8, 4) is 5.75 Å². The van der Waals surface area contributed by atoms with Crippen molar-refractivity contribution in [3.05, 3.63) is 63.6 Å². The van der Waals surface area contributed by atoms with Crippen molar-refractivity contribution in [1.82, 2.24) is 4.90 Å². The minimum Gasteiger partial charge on any atom is -0.485 e. The van der Waals surface area contributed by atoms with Gasteiger partial charge < -0.3 is 14.7 Å². The first-order valence-corrected chi connectivity index (χ1v) is 8.73. The third-order valence-corrected chi connectivity index (χ3v) is 5.35. The molecule has 0 unspecified atom stereocenters. The molecular formula is C19H18BrNO3. The highest BCUT2D eigenvalue weighted by Gasteiger charge is 2.48. The average Bonchev–Trinajstić information content (AvgIpc) is 2.86. The molecular weight excluding hydrogens is 370 g/mol. The van der Waals surface area contributed by atoms with E-state index in [1.165, 1.54) is 0 Å². The fourth-order valence-electron chi connectivity index (χ4n) is 3.58. The quantitative estimate of drug-likeness (QED) is 0.811. The maximum absolute atomic E-state index is 12.9. The summed E-state index contributed by atoms with van der Waals surface area (Å²) < 4.78 is 6.87. The number of rotatable bonds is 1. The van der Waals surface area contributed by atoms with E-state index in [-0.39, 0.29) is 5.91 Å². The van der Waals surface area contributed by atoms with Crippen LogP contribution in [0.1, 0.15) is 41.4 Å². The van der Waals surface area contributed by atoms with Gasteiger partial charge in [-0.15, -0.1) is 0 Å². The molecule has 1 N–H and O–H groups in total. The van der Waals surface area contributed by atoms with Crippen LogP contribution in [0.25, 0.3) is 0 Å². The molecule has 4 nitrogen and oxygen atoms in total. The van der Waals surface area contributed by atoms with Gasteiger partial charge in [0.1, 0.15) is 17.5 Å². The number of hydrogen-bond donors (Lipinski definition) is 1. The van der Waals surface area contributed by atoms with Crippen LogP contribution >= 0.6 is 15.9 Å². The molecule has 0 aromatic heterocycles. The maximum Gasteiger partial charge on any atom is 0.255 e. The van der Waals surface area contributed by atoms with Crippen molar-refractivity contribution in [2.75, 3.05) is 0 Å². The lowest BCUT2D eigenvalue weighted by Crippen LogP contribution is -2.53. The van der Waals surface area contributed by atoms with E-state index in [1.807, 2.05) is 56.3 Å². The Kier molecular flexibility index (Phi) is 3.48. The minimum atomic E-state index is -0.822. The Labute approximate surface area is 149 Å². The van der Waals surface area contributed by atoms with Gasteiger partial charge in [0.2, 0.25) is 0 Å². The molecule has 0 aliphatic carbocycles. The lowest BCUT2D eigenvalue weighted by Gasteiger charge is -2.45. The molecule has 0 radical (unpaired) electrons. The van der Waals surface area contributed by atoms with E-state index in [1.54, 1.807) is 4.90 Å². The maximum atomic E-state index is 12.9. The van der Waals surface area contributed by atoms with Gasteiger partial charge in [0, 0.05) is 22.1 Å². The molecule has 2 aromatic rings. The summed E-state index contributed by atoms with van der Waals surface area (Å²) in [5.41, 5.74) is 1.76. The first-order chi connectivity index (χ1) is 11.4. The summed E-state index contributed by atoms with van der Waals surface area (Å²) in [5, 5.41) is 11.0. The van der Waals surface area contributed by atoms with E-state index < -0.39 is 17.7 Å². The van der Waals surface area contributed by atoms with Gasteiger partial charge in [0.05, 0.1) is 6.04 Å². The number of fused-ring (bicyclic) bond motifs is 2. The number of benzene rings is 2. The molecule has 2 aliphatic rings. The molecule has 5 heteroatoms. The molecule has 24 heavy (non-hydrogen) atoms. The largest absolute Gasteiger partial charge is 0.485 e. The van der Waals surface area contributed by atoms with E-state index in [9.17, 15) is 9.90 Å². The number of carbonyl (C=O) groups excluding carboxylic acids is 1. The fraction of sp³-hybridized carbons (Fsp3) is 0.316. The van der Waals surface area contributed by atoms with Crippen molar-refractivity contribution >= 4 is 21.8 Å². The zero-order valence-corrected chi connectivity index (χ0v) is 15.1. The summed E-state index contributed by atoms with van der Waals surface area (Å²) in [6, 6.07) is 12.9. The summed E-state index contributed by atoms with van der Waals surface area (Å²) in [5.74, 6) is 0.667. The van der Waals surface area contributed by atoms with Crippen LogP contribution in [-0.2, 0) is 6.54 Å². The predicted octanol–water partition coefficient (Wildman–Crippen LogP) is 3.68. The molecule has 2 aliphatic heterocycles. The van der Waals surface area contributed by atoms with E-state index in [0.29, 0.717) is 17.9 Å². The summed E-state index contributed by atoms with van der Waals surface area (Å²) in [7, 11) is 0. The molecule has 1 amide bonds. The molecule has 0 bridgehead atoms. The second-order valence-electron chi connectivity index (χ2n) is 6.87. The number of hydrogen-bond acceptors (Lipinski definition) is 3. The number of halogens is 1. The molecule has 0 fully saturated rings. The van der Waals surface area contributed by atoms with Gasteiger partial charge in [-0.1, -0.05) is 34.1 Å². The lowest BCUT2D eigenvalue weighted by atomic mass is 9.85. The summed E-state index contributed by atoms with van der Waals surface area (Å²) >= 11 is 3.48. The fourth-order valence-corrected chi connectivity index (χ4v) is 3.96. The number of amides is 1. The summed E-state index contributed by atoms with van der Waals surface area (Å²) in [4.78, 5) is 14.7. The van der Waals surface area contributed by atoms with Gasteiger partial charge in [-0.25, -0.2) is 0 Å². The van der Waals surface area contributed by atoms with Crippen molar-refractivity contribution in [2.24, 2.45) is 0 Å². The van der Waals surface area contributed by atoms with Gasteiger partial charge in [0.15, 0.2) is 0 Å². The Balaban J connectivity index is 1.83. The molecule has 0 spiro atoms. The van der Waals surface area contributed by atoms with E-state index >= 15 is 0 Å². The summed E-state index contributed by atoms with van der Waals surface area (Å²) in [6.45, 7) is 4.20. The highest BCUT2D eigenvalue weighted by Crippen LogP contribution is 2.46. The van der Waals surface area contributed by atoms with Crippen LogP contribution in [0.5, 0.6) is 5.75 Å². The van der Waals surface area contributed by atoms with Crippen LogP contribution in [0.3, 0.4) is 0 Å². The first kappa shape index (κ1) is 15.7. The number of carbonyl (C=O) groups is 1. The topological polar surface area (TPSA) is 49.8 Å². The number of nitrogens with zero attached hydrogens (tertiary/aromatic N) is 1. The van der Waals surface area contributed by atoms with Gasteiger partial charge >= 0.3 is 0 Å². The van der Waals surface area contributed by atoms with Gasteiger partial charge in [-0.2, -0.15) is 0 Å². The second kappa shape index (κ2) is 5.33. The Morgan fingerprint density at radius 1 is 1.25 bits per heavy atom. The van der Waals surface area contributed by atoms with Crippen LogP contribution in [0.4, 0.5) is 0 Å². The van der Waals surface area contributed by atoms with Crippen LogP contribution in [0.2, 0.25) is 0 Å². The van der Waals surface area contributed by atoms with E-state index in [2.05, 4.69) is 15.9 Å². The Morgan fingerprint density at radius 2 is 2.00 bits per heavy atom. The van der Waals surface area contributed by atoms with E-state index in [4.69, 9.17) is 4.74 Å². The number of aliphatic hydroxyl groups is 1. The minimum absolute atomic E-state index is 0.0433. The van der Waals surface area contributed by atoms with Crippen molar-refractivity contribution < 1.29 is 14.6 Å². The highest BCUT2D eigenvalue weighted by molar-refractivity contribution is 9.10. The average molecular weight is 388 g/mol. The van der Waals surface area contributed by atoms with Gasteiger partial charge in [0.25, 0.3) is 5.91 Å². The molecule has 0 saturated carbocycles. The van der Waals surface area contributed by atoms with Crippen molar-refractivity contribution in [1.29, 1.82) is 0 Å². The third-order valence-electron chi connectivity index (χ3n) is 4.86. The Morgan fingerprint density at radius 3 is 2.75 bits per heavy atom. The smallest absolute Gasteiger partial charge is 0.255 e. The van der Waals surface area contributed by atoms with E-state index in [0.717, 1.165) is 15.6 Å². The summed E-state index contributed by atoms with van der Waals surface area (Å²) in [6.07, 6.45) is -0.822. The number of aliphatic hydroxyl groups excluding tert-OH is 1. The first-order valence-electron chi connectivity index (χ1n) is 7.94. The molecule has 0 saturated heterocycles. The van der Waals surface area contributed by atoms with Crippen LogP contribution in [-0.4, -0.2) is 27.6 Å². The monoisotopic (exact) mass is 387 g/mol. The molecule has 2 heterocycles. The van der Waals surface area contributed by atoms with Crippen LogP contribution < -0.4 is 4.74 Å². The predicted molar refractivity (Wildman–Crippen MR) is 93.9 cm³/mol. The normalized spacial score (nSPS) is 24.3. The van der Waals surface area contributed by atoms with Crippen molar-refractivity contribution in [2.45, 2.75) is 38.1 Å². The number of ether oxygens (including phenoxy) is 1. The van der Waals surface area contributed by atoms with Crippen molar-refractivity contribution in [3.63, 3.8) is 0 Å². The zero-order valence-electron chi connectivity index (χ0n) is 13.5. The molecule has 124 valence electrons. The zero-order chi connectivity index (χ0) is 17.1. The van der Waals surface area contributed by atoms with Crippen LogP contribution in [0.15, 0.2) is 46.9 Å². The van der Waals surface area contributed by atoms with Gasteiger partial charge in [-0.3, -0.25) is 4.79 Å².